The van der Waals surface area contributed by atoms with E-state index in [4.69, 9.17) is 15.2 Å². The quantitative estimate of drug-likeness (QED) is 0.837. The van der Waals surface area contributed by atoms with Gasteiger partial charge in [-0.15, -0.1) is 0 Å². The lowest BCUT2D eigenvalue weighted by Gasteiger charge is -2.34. The van der Waals surface area contributed by atoms with Crippen molar-refractivity contribution in [3.05, 3.63) is 18.2 Å². The minimum atomic E-state index is -0.470. The van der Waals surface area contributed by atoms with Crippen molar-refractivity contribution in [3.8, 4) is 5.75 Å². The van der Waals surface area contributed by atoms with Crippen LogP contribution in [0.2, 0.25) is 0 Å². The van der Waals surface area contributed by atoms with Crippen LogP contribution in [-0.2, 0) is 4.74 Å². The number of alkyl carbamates (subject to hydrolysis) is 1. The second kappa shape index (κ2) is 6.98. The Kier molecular flexibility index (Phi) is 5.23. The number of nitrogens with zero attached hydrogens (tertiary/aromatic N) is 1. The maximum atomic E-state index is 11.8. The summed E-state index contributed by atoms with van der Waals surface area (Å²) in [6.07, 6.45) is 1.38. The summed E-state index contributed by atoms with van der Waals surface area (Å²) < 4.78 is 10.5. The number of methoxy groups -OCH3 is 1. The highest BCUT2D eigenvalue weighted by atomic mass is 16.6. The summed E-state index contributed by atoms with van der Waals surface area (Å²) in [5, 5.41) is 2.94. The monoisotopic (exact) mass is 321 g/mol. The molecule has 0 unspecified atom stereocenters. The third-order valence-electron chi connectivity index (χ3n) is 3.79. The van der Waals surface area contributed by atoms with Gasteiger partial charge in [-0.25, -0.2) is 4.79 Å². The van der Waals surface area contributed by atoms with E-state index in [1.165, 1.54) is 0 Å². The van der Waals surface area contributed by atoms with Gasteiger partial charge in [0, 0.05) is 25.2 Å². The van der Waals surface area contributed by atoms with E-state index >= 15 is 0 Å². The molecular formula is C17H27N3O3. The zero-order chi connectivity index (χ0) is 17.0. The standard InChI is InChI=1S/C17H27N3O3/c1-17(2,3)23-16(21)19-12-7-9-20(10-8-12)15-6-5-13(22-4)11-14(15)18/h5-6,11-12H,7-10,18H2,1-4H3,(H,19,21). The highest BCUT2D eigenvalue weighted by Crippen LogP contribution is 2.29. The second-order valence-electron chi connectivity index (χ2n) is 6.83. The van der Waals surface area contributed by atoms with Crippen LogP contribution in [-0.4, -0.2) is 37.9 Å². The van der Waals surface area contributed by atoms with Crippen molar-refractivity contribution in [1.29, 1.82) is 0 Å². The van der Waals surface area contributed by atoms with Crippen molar-refractivity contribution >= 4 is 17.5 Å². The molecule has 1 aromatic rings. The second-order valence-corrected chi connectivity index (χ2v) is 6.83. The molecule has 0 bridgehead atoms. The van der Waals surface area contributed by atoms with Crippen molar-refractivity contribution in [1.82, 2.24) is 5.32 Å². The van der Waals surface area contributed by atoms with E-state index < -0.39 is 5.60 Å². The number of hydrogen-bond acceptors (Lipinski definition) is 5. The van der Waals surface area contributed by atoms with Crippen LogP contribution >= 0.6 is 0 Å². The van der Waals surface area contributed by atoms with Gasteiger partial charge in [0.2, 0.25) is 0 Å². The highest BCUT2D eigenvalue weighted by Gasteiger charge is 2.24. The maximum Gasteiger partial charge on any atom is 0.407 e. The third-order valence-corrected chi connectivity index (χ3v) is 3.79. The minimum Gasteiger partial charge on any atom is -0.497 e. The first-order valence-corrected chi connectivity index (χ1v) is 7.96. The topological polar surface area (TPSA) is 76.8 Å². The molecule has 1 saturated heterocycles. The number of carbonyl (C=O) groups excluding carboxylic acids is 1. The summed E-state index contributed by atoms with van der Waals surface area (Å²) in [7, 11) is 1.63. The molecule has 0 spiro atoms. The fraction of sp³-hybridized carbons (Fsp3) is 0.588. The molecule has 6 heteroatoms. The van der Waals surface area contributed by atoms with Gasteiger partial charge in [-0.05, 0) is 45.7 Å². The molecule has 6 nitrogen and oxygen atoms in total. The van der Waals surface area contributed by atoms with E-state index in [9.17, 15) is 4.79 Å². The van der Waals surface area contributed by atoms with E-state index in [0.717, 1.165) is 37.4 Å². The Labute approximate surface area is 137 Å². The number of anilines is 2. The van der Waals surface area contributed by atoms with Crippen LogP contribution < -0.4 is 20.7 Å². The van der Waals surface area contributed by atoms with Crippen LogP contribution in [0.5, 0.6) is 5.75 Å². The van der Waals surface area contributed by atoms with E-state index in [1.54, 1.807) is 7.11 Å². The maximum absolute atomic E-state index is 11.8. The lowest BCUT2D eigenvalue weighted by atomic mass is 10.0. The molecule has 0 saturated carbocycles. The van der Waals surface area contributed by atoms with Gasteiger partial charge >= 0.3 is 6.09 Å². The molecule has 0 radical (unpaired) electrons. The molecule has 1 heterocycles. The van der Waals surface area contributed by atoms with E-state index in [2.05, 4.69) is 10.2 Å². The summed E-state index contributed by atoms with van der Waals surface area (Å²) in [5.74, 6) is 0.757. The number of hydrogen-bond donors (Lipinski definition) is 2. The Morgan fingerprint density at radius 3 is 2.48 bits per heavy atom. The number of benzene rings is 1. The molecule has 0 atom stereocenters. The Morgan fingerprint density at radius 2 is 1.96 bits per heavy atom. The third kappa shape index (κ3) is 4.94. The summed E-state index contributed by atoms with van der Waals surface area (Å²) >= 11 is 0. The Hall–Kier alpha value is -2.11. The predicted molar refractivity (Wildman–Crippen MR) is 92.0 cm³/mol. The molecule has 1 aliphatic heterocycles. The number of rotatable bonds is 3. The van der Waals surface area contributed by atoms with Gasteiger partial charge in [0.25, 0.3) is 0 Å². The van der Waals surface area contributed by atoms with E-state index in [1.807, 2.05) is 39.0 Å². The number of carbonyl (C=O) groups is 1. The largest absolute Gasteiger partial charge is 0.497 e. The molecule has 128 valence electrons. The van der Waals surface area contributed by atoms with Crippen LogP contribution in [0.25, 0.3) is 0 Å². The summed E-state index contributed by atoms with van der Waals surface area (Å²) in [4.78, 5) is 14.1. The summed E-state index contributed by atoms with van der Waals surface area (Å²) in [6.45, 7) is 7.28. The highest BCUT2D eigenvalue weighted by molar-refractivity contribution is 5.70. The van der Waals surface area contributed by atoms with E-state index in [0.29, 0.717) is 5.69 Å². The molecule has 2 rings (SSSR count). The van der Waals surface area contributed by atoms with E-state index in [-0.39, 0.29) is 12.1 Å². The van der Waals surface area contributed by atoms with Gasteiger partial charge in [-0.3, -0.25) is 0 Å². The molecule has 23 heavy (non-hydrogen) atoms. The van der Waals surface area contributed by atoms with Crippen LogP contribution in [0, 0.1) is 0 Å². The number of piperidine rings is 1. The van der Waals surface area contributed by atoms with Gasteiger partial charge < -0.3 is 25.4 Å². The van der Waals surface area contributed by atoms with Crippen LogP contribution in [0.15, 0.2) is 18.2 Å². The van der Waals surface area contributed by atoms with Crippen LogP contribution in [0.4, 0.5) is 16.2 Å². The van der Waals surface area contributed by atoms with Crippen molar-refractivity contribution in [2.75, 3.05) is 30.8 Å². The van der Waals surface area contributed by atoms with Gasteiger partial charge in [-0.2, -0.15) is 0 Å². The lowest BCUT2D eigenvalue weighted by Crippen LogP contribution is -2.46. The molecule has 1 fully saturated rings. The van der Waals surface area contributed by atoms with Gasteiger partial charge in [-0.1, -0.05) is 0 Å². The van der Waals surface area contributed by atoms with Crippen molar-refractivity contribution in [3.63, 3.8) is 0 Å². The smallest absolute Gasteiger partial charge is 0.407 e. The van der Waals surface area contributed by atoms with Gasteiger partial charge in [0.15, 0.2) is 0 Å². The van der Waals surface area contributed by atoms with Gasteiger partial charge in [0.05, 0.1) is 18.5 Å². The minimum absolute atomic E-state index is 0.139. The number of nitrogen functional groups attached to an aromatic ring is 1. The van der Waals surface area contributed by atoms with Crippen molar-refractivity contribution < 1.29 is 14.3 Å². The molecule has 0 aliphatic carbocycles. The zero-order valence-electron chi connectivity index (χ0n) is 14.4. The fourth-order valence-electron chi connectivity index (χ4n) is 2.69. The summed E-state index contributed by atoms with van der Waals surface area (Å²) in [5.41, 5.74) is 7.36. The van der Waals surface area contributed by atoms with Crippen LogP contribution in [0.3, 0.4) is 0 Å². The number of nitrogens with two attached hydrogens (primary N) is 1. The molecular weight excluding hydrogens is 294 g/mol. The lowest BCUT2D eigenvalue weighted by molar-refractivity contribution is 0.0497. The van der Waals surface area contributed by atoms with Crippen LogP contribution in [0.1, 0.15) is 33.6 Å². The first-order valence-electron chi connectivity index (χ1n) is 7.96. The normalized spacial score (nSPS) is 16.1. The Bertz CT molecular complexity index is 547. The fourth-order valence-corrected chi connectivity index (χ4v) is 2.69. The number of ether oxygens (including phenoxy) is 2. The molecule has 1 aliphatic rings. The molecule has 1 aromatic carbocycles. The van der Waals surface area contributed by atoms with Crippen molar-refractivity contribution in [2.45, 2.75) is 45.3 Å². The molecule has 0 aromatic heterocycles. The Balaban J connectivity index is 1.88. The van der Waals surface area contributed by atoms with Crippen molar-refractivity contribution in [2.24, 2.45) is 0 Å². The first-order chi connectivity index (χ1) is 10.8. The average molecular weight is 321 g/mol. The first kappa shape index (κ1) is 17.2. The number of nitrogens with one attached hydrogen (secondary N) is 1. The van der Waals surface area contributed by atoms with Gasteiger partial charge in [0.1, 0.15) is 11.4 Å². The zero-order valence-corrected chi connectivity index (χ0v) is 14.4. The predicted octanol–water partition coefficient (Wildman–Crippen LogP) is 2.77. The summed E-state index contributed by atoms with van der Waals surface area (Å²) in [6, 6.07) is 5.87. The average Bonchev–Trinajstić information content (AvgIpc) is 2.46. The molecule has 3 N–H and O–H groups in total. The Morgan fingerprint density at radius 1 is 1.30 bits per heavy atom. The molecule has 1 amide bonds. The SMILES string of the molecule is COc1ccc(N2CCC(NC(=O)OC(C)(C)C)CC2)c(N)c1. The number of amides is 1.